The Morgan fingerprint density at radius 2 is 1.83 bits per heavy atom. The van der Waals surface area contributed by atoms with Crippen molar-refractivity contribution < 1.29 is 0 Å². The Labute approximate surface area is 109 Å². The van der Waals surface area contributed by atoms with E-state index in [4.69, 9.17) is 5.73 Å². The first-order valence-corrected chi connectivity index (χ1v) is 6.23. The average molecular weight is 242 g/mol. The van der Waals surface area contributed by atoms with E-state index in [0.29, 0.717) is 0 Å². The van der Waals surface area contributed by atoms with E-state index in [0.717, 1.165) is 39.5 Å². The van der Waals surface area contributed by atoms with E-state index >= 15 is 0 Å². The zero-order valence-corrected chi connectivity index (χ0v) is 11.7. The smallest absolute Gasteiger partial charge is 0.0848 e. The number of aliphatic imine (C=N–C) groups is 1. The molecule has 0 spiro atoms. The van der Waals surface area contributed by atoms with Gasteiger partial charge in [-0.15, -0.1) is 0 Å². The quantitative estimate of drug-likeness (QED) is 0.812. The zero-order chi connectivity index (χ0) is 13.7. The van der Waals surface area contributed by atoms with Crippen molar-refractivity contribution in [3.05, 3.63) is 46.1 Å². The van der Waals surface area contributed by atoms with Crippen LogP contribution in [0.3, 0.4) is 0 Å². The maximum absolute atomic E-state index is 5.96. The highest BCUT2D eigenvalue weighted by molar-refractivity contribution is 5.84. The molecule has 0 aliphatic heterocycles. The van der Waals surface area contributed by atoms with Crippen LogP contribution in [-0.4, -0.2) is 5.71 Å². The van der Waals surface area contributed by atoms with Crippen LogP contribution in [0.25, 0.3) is 12.2 Å². The molecule has 0 saturated heterocycles. The maximum atomic E-state index is 5.96. The molecule has 1 rings (SSSR count). The summed E-state index contributed by atoms with van der Waals surface area (Å²) in [5.41, 5.74) is 9.72. The van der Waals surface area contributed by atoms with E-state index in [2.05, 4.69) is 24.6 Å². The van der Waals surface area contributed by atoms with E-state index in [1.165, 1.54) is 0 Å². The van der Waals surface area contributed by atoms with Crippen molar-refractivity contribution >= 4 is 17.9 Å². The van der Waals surface area contributed by atoms with Gasteiger partial charge in [0.05, 0.1) is 5.70 Å². The van der Waals surface area contributed by atoms with Crippen LogP contribution in [0.5, 0.6) is 0 Å². The van der Waals surface area contributed by atoms with Crippen LogP contribution in [0.1, 0.15) is 34.1 Å². The van der Waals surface area contributed by atoms with Gasteiger partial charge in [-0.05, 0) is 43.2 Å². The standard InChI is InChI=1S/C16H22N2/c1-6-12(3)18-16(14(5)17)13(4)15-10-8-7-9-11(15)2/h7-10H,2,6,17H2,1,3-5H3/b15-13-,16-14-,18-12?. The Morgan fingerprint density at radius 3 is 2.33 bits per heavy atom. The molecule has 0 atom stereocenters. The predicted molar refractivity (Wildman–Crippen MR) is 80.6 cm³/mol. The van der Waals surface area contributed by atoms with Crippen LogP contribution in [0, 0.1) is 0 Å². The predicted octanol–water partition coefficient (Wildman–Crippen LogP) is 2.33. The monoisotopic (exact) mass is 242 g/mol. The summed E-state index contributed by atoms with van der Waals surface area (Å²) in [5.74, 6) is 0. The minimum Gasteiger partial charge on any atom is -0.401 e. The molecule has 0 aliphatic carbocycles. The second-order valence-electron chi connectivity index (χ2n) is 4.51. The summed E-state index contributed by atoms with van der Waals surface area (Å²) in [6, 6.07) is 8.04. The summed E-state index contributed by atoms with van der Waals surface area (Å²) in [6.45, 7) is 12.1. The van der Waals surface area contributed by atoms with Crippen molar-refractivity contribution in [1.82, 2.24) is 0 Å². The fourth-order valence-corrected chi connectivity index (χ4v) is 1.75. The van der Waals surface area contributed by atoms with Crippen LogP contribution in [-0.2, 0) is 0 Å². The summed E-state index contributed by atoms with van der Waals surface area (Å²) in [6.07, 6.45) is 0.927. The Balaban J connectivity index is 3.53. The molecule has 2 nitrogen and oxygen atoms in total. The number of hydrogen-bond donors (Lipinski definition) is 1. The summed E-state index contributed by atoms with van der Waals surface area (Å²) in [5, 5.41) is 2.10. The van der Waals surface area contributed by atoms with Gasteiger partial charge in [-0.25, -0.2) is 0 Å². The molecule has 0 heterocycles. The summed E-state index contributed by atoms with van der Waals surface area (Å²) >= 11 is 0. The van der Waals surface area contributed by atoms with E-state index in [9.17, 15) is 0 Å². The second-order valence-corrected chi connectivity index (χ2v) is 4.51. The first-order valence-electron chi connectivity index (χ1n) is 6.23. The fourth-order valence-electron chi connectivity index (χ4n) is 1.75. The van der Waals surface area contributed by atoms with Gasteiger partial charge in [0.1, 0.15) is 0 Å². The third-order valence-corrected chi connectivity index (χ3v) is 2.96. The third kappa shape index (κ3) is 3.33. The molecule has 0 aliphatic rings. The minimum atomic E-state index is 0.739. The Hall–Kier alpha value is -1.83. The van der Waals surface area contributed by atoms with Gasteiger partial charge in [-0.2, -0.15) is 0 Å². The minimum absolute atomic E-state index is 0.739. The molecule has 0 saturated carbocycles. The van der Waals surface area contributed by atoms with Crippen LogP contribution >= 0.6 is 0 Å². The molecule has 1 aromatic rings. The number of allylic oxidation sites excluding steroid dienone is 2. The Morgan fingerprint density at radius 1 is 1.22 bits per heavy atom. The molecule has 2 heteroatoms. The van der Waals surface area contributed by atoms with Gasteiger partial charge < -0.3 is 5.73 Å². The first kappa shape index (κ1) is 14.2. The van der Waals surface area contributed by atoms with Gasteiger partial charge in [0.25, 0.3) is 0 Å². The summed E-state index contributed by atoms with van der Waals surface area (Å²) < 4.78 is 0. The van der Waals surface area contributed by atoms with E-state index in [1.54, 1.807) is 0 Å². The maximum Gasteiger partial charge on any atom is 0.0848 e. The lowest BCUT2D eigenvalue weighted by atomic mass is 10.1. The molecular weight excluding hydrogens is 220 g/mol. The highest BCUT2D eigenvalue weighted by Crippen LogP contribution is 2.13. The van der Waals surface area contributed by atoms with Crippen LogP contribution in [0.4, 0.5) is 0 Å². The number of nitrogens with two attached hydrogens (primary N) is 1. The molecule has 2 N–H and O–H groups in total. The van der Waals surface area contributed by atoms with Gasteiger partial charge in [0.2, 0.25) is 0 Å². The molecule has 0 fully saturated rings. The van der Waals surface area contributed by atoms with Gasteiger partial charge in [0, 0.05) is 11.4 Å². The molecule has 0 bridgehead atoms. The lowest BCUT2D eigenvalue weighted by Gasteiger charge is -2.07. The van der Waals surface area contributed by atoms with E-state index < -0.39 is 0 Å². The summed E-state index contributed by atoms with van der Waals surface area (Å²) in [7, 11) is 0. The van der Waals surface area contributed by atoms with Crippen molar-refractivity contribution in [3.63, 3.8) is 0 Å². The van der Waals surface area contributed by atoms with E-state index in [-0.39, 0.29) is 0 Å². The van der Waals surface area contributed by atoms with Crippen LogP contribution < -0.4 is 16.2 Å². The molecular formula is C16H22N2. The van der Waals surface area contributed by atoms with E-state index in [1.807, 2.05) is 39.0 Å². The number of benzene rings is 1. The molecule has 0 amide bonds. The van der Waals surface area contributed by atoms with Crippen LogP contribution in [0.2, 0.25) is 0 Å². The largest absolute Gasteiger partial charge is 0.401 e. The van der Waals surface area contributed by atoms with Crippen LogP contribution in [0.15, 0.2) is 40.7 Å². The highest BCUT2D eigenvalue weighted by Gasteiger charge is 2.03. The first-order chi connectivity index (χ1) is 8.47. The lowest BCUT2D eigenvalue weighted by Crippen LogP contribution is -2.25. The van der Waals surface area contributed by atoms with Gasteiger partial charge in [-0.1, -0.05) is 37.8 Å². The molecule has 0 radical (unpaired) electrons. The molecule has 96 valence electrons. The van der Waals surface area contributed by atoms with Crippen molar-refractivity contribution in [3.8, 4) is 0 Å². The molecule has 0 unspecified atom stereocenters. The fraction of sp³-hybridized carbons (Fsp3) is 0.312. The average Bonchev–Trinajstić information content (AvgIpc) is 2.35. The topological polar surface area (TPSA) is 38.4 Å². The molecule has 1 aromatic carbocycles. The second kappa shape index (κ2) is 6.20. The SMILES string of the molecule is C=c1cccc/c1=C(C)/C(N=C(C)CC)=C(\C)N. The molecule has 0 aromatic heterocycles. The summed E-state index contributed by atoms with van der Waals surface area (Å²) in [4.78, 5) is 4.62. The van der Waals surface area contributed by atoms with Crippen molar-refractivity contribution in [2.45, 2.75) is 34.1 Å². The number of hydrogen-bond acceptors (Lipinski definition) is 2. The van der Waals surface area contributed by atoms with Crippen molar-refractivity contribution in [2.75, 3.05) is 0 Å². The van der Waals surface area contributed by atoms with Crippen molar-refractivity contribution in [2.24, 2.45) is 10.7 Å². The van der Waals surface area contributed by atoms with Gasteiger partial charge >= 0.3 is 0 Å². The Bertz CT molecular complexity index is 588. The zero-order valence-electron chi connectivity index (χ0n) is 11.7. The van der Waals surface area contributed by atoms with Crippen molar-refractivity contribution in [1.29, 1.82) is 0 Å². The number of rotatable bonds is 3. The van der Waals surface area contributed by atoms with Gasteiger partial charge in [-0.3, -0.25) is 4.99 Å². The lowest BCUT2D eigenvalue weighted by molar-refractivity contribution is 1.17. The molecule has 18 heavy (non-hydrogen) atoms. The Kier molecular flexibility index (Phi) is 4.90. The highest BCUT2D eigenvalue weighted by atomic mass is 14.8. The number of nitrogens with zero attached hydrogens (tertiary/aromatic N) is 1. The normalized spacial score (nSPS) is 15.2. The third-order valence-electron chi connectivity index (χ3n) is 2.96. The van der Waals surface area contributed by atoms with Gasteiger partial charge in [0.15, 0.2) is 0 Å².